The van der Waals surface area contributed by atoms with E-state index in [0.29, 0.717) is 45.1 Å². The first-order valence-electron chi connectivity index (χ1n) is 29.8. The molecule has 4 heterocycles. The van der Waals surface area contributed by atoms with Gasteiger partial charge in [0, 0.05) is 26.2 Å². The molecule has 14 amide bonds. The molecule has 89 heavy (non-hydrogen) atoms. The van der Waals surface area contributed by atoms with E-state index < -0.39 is 200 Å². The van der Waals surface area contributed by atoms with E-state index in [1.165, 1.54) is 44.4 Å². The molecule has 4 saturated heterocycles. The quantitative estimate of drug-likeness (QED) is 0.0278. The number of hydrogen-bond donors (Lipinski definition) is 16. The fraction of sp³-hybridized carbons (Fsp3) is 0.722. The maximum absolute atomic E-state index is 13.7. The van der Waals surface area contributed by atoms with Crippen LogP contribution in [0.25, 0.3) is 0 Å². The van der Waals surface area contributed by atoms with E-state index in [2.05, 4.69) is 53.2 Å². The van der Waals surface area contributed by atoms with Gasteiger partial charge in [0.2, 0.25) is 82.7 Å². The number of carboxylic acid groups (broad SMARTS) is 1. The van der Waals surface area contributed by atoms with E-state index in [-0.39, 0.29) is 58.3 Å². The van der Waals surface area contributed by atoms with Gasteiger partial charge >= 0.3 is 5.97 Å². The smallest absolute Gasteiger partial charge is 0.326 e. The van der Waals surface area contributed by atoms with Gasteiger partial charge in [0.25, 0.3) is 0 Å². The van der Waals surface area contributed by atoms with Crippen LogP contribution in [0, 0.1) is 0 Å². The maximum Gasteiger partial charge on any atom is 0.326 e. The van der Waals surface area contributed by atoms with Gasteiger partial charge in [-0.05, 0) is 112 Å². The molecule has 0 aromatic carbocycles. The number of carboxylic acids is 1. The van der Waals surface area contributed by atoms with Gasteiger partial charge in [-0.3, -0.25) is 67.1 Å². The number of nitrogens with two attached hydrogens (primary N) is 2. The lowest BCUT2D eigenvalue weighted by Crippen LogP contribution is -2.59. The molecule has 0 saturated carbocycles. The zero-order chi connectivity index (χ0) is 66.4. The summed E-state index contributed by atoms with van der Waals surface area (Å²) in [6.45, 7) is 3.95. The number of likely N-dealkylation sites (tertiary alicyclic amines) is 4. The van der Waals surface area contributed by atoms with E-state index in [0.717, 1.165) is 9.80 Å². The van der Waals surface area contributed by atoms with Gasteiger partial charge in [-0.2, -0.15) is 0 Å². The third-order valence-electron chi connectivity index (χ3n) is 15.6. The molecule has 498 valence electrons. The highest BCUT2D eigenvalue weighted by Gasteiger charge is 2.42. The van der Waals surface area contributed by atoms with Crippen LogP contribution in [0.2, 0.25) is 0 Å². The van der Waals surface area contributed by atoms with Gasteiger partial charge < -0.3 is 105 Å². The number of aliphatic carboxylic acids is 1. The van der Waals surface area contributed by atoms with Crippen LogP contribution >= 0.6 is 0 Å². The lowest BCUT2D eigenvalue weighted by Gasteiger charge is -2.29. The van der Waals surface area contributed by atoms with Crippen molar-refractivity contribution in [2.75, 3.05) is 65.4 Å². The topological polar surface area (TPSA) is 522 Å². The molecule has 0 aliphatic carbocycles. The van der Waals surface area contributed by atoms with Crippen molar-refractivity contribution >= 4 is 88.7 Å². The standard InChI is InChI=1S/C54H88N16O19/c1-27(45(79)57-23-38(75)68-19-9-14-34(68)48(82)63-32(54(88)89)12-6-7-17-55)62-47(81)33-13-8-18-67(33)39(76)24-59-52(86)43(30(4)72)65-50(84)36-16-11-21-70(36)41(78)26-60-53(87)44(31(5)73)66-49(83)35-15-10-20-69(35)40(77)25-58-51(85)42(29(3)71)64-46(80)28(2)61-37(74)22-56/h27-36,42-44,71-73H,6-26,55-56H2,1-5H3,(H,57,79)(H,58,85)(H,59,86)(H,60,87)(H,61,74)(H,62,81)(H,63,82)(H,64,80)(H,65,84)(H,66,83)(H,88,89)/t27-,28-,29+,30+,31+,32-,33-,34-,35-,36-,42-,43-,44-/m0/s1. The Bertz CT molecular complexity index is 2610. The van der Waals surface area contributed by atoms with Gasteiger partial charge in [0.05, 0.1) is 51.0 Å². The predicted octanol–water partition coefficient (Wildman–Crippen LogP) is -9.32. The van der Waals surface area contributed by atoms with Crippen LogP contribution in [-0.2, 0) is 71.9 Å². The Labute approximate surface area is 513 Å². The SMILES string of the molecule is C[C@H](NC(=O)CN)C(=O)N[C@H](C(=O)NCC(=O)N1CCC[C@H]1C(=O)N[C@H](C(=O)NCC(=O)N1CCC[C@H]1C(=O)N[C@H](C(=O)NCC(=O)N1CCC[C@H]1C(=O)N[C@@H](C)C(=O)NCC(=O)N1CCC[C@H]1C(=O)N[C@@H](CCCCN)C(=O)O)[C@@H](C)O)[C@@H](C)O)[C@@H](C)O. The summed E-state index contributed by atoms with van der Waals surface area (Å²) >= 11 is 0. The summed E-state index contributed by atoms with van der Waals surface area (Å²) in [6, 6.07) is -12.8. The molecule has 0 spiro atoms. The third kappa shape index (κ3) is 21.3. The Morgan fingerprint density at radius 1 is 0.416 bits per heavy atom. The summed E-state index contributed by atoms with van der Waals surface area (Å²) in [5.41, 5.74) is 10.7. The van der Waals surface area contributed by atoms with Crippen molar-refractivity contribution in [1.82, 2.24) is 72.8 Å². The second kappa shape index (κ2) is 35.1. The Hall–Kier alpha value is -8.15. The second-order valence-electron chi connectivity index (χ2n) is 22.4. The van der Waals surface area contributed by atoms with E-state index in [1.54, 1.807) is 0 Å². The van der Waals surface area contributed by atoms with Crippen molar-refractivity contribution in [1.29, 1.82) is 0 Å². The molecule has 35 nitrogen and oxygen atoms in total. The average molecular weight is 1270 g/mol. The number of carbonyl (C=O) groups is 15. The fourth-order valence-corrected chi connectivity index (χ4v) is 10.6. The number of unbranched alkanes of at least 4 members (excludes halogenated alkanes) is 1. The molecule has 0 aromatic heterocycles. The lowest BCUT2D eigenvalue weighted by molar-refractivity contribution is -0.144. The summed E-state index contributed by atoms with van der Waals surface area (Å²) in [6.07, 6.45) is -1.18. The normalized spacial score (nSPS) is 21.0. The first-order chi connectivity index (χ1) is 42.0. The van der Waals surface area contributed by atoms with Crippen LogP contribution < -0.4 is 64.6 Å². The summed E-state index contributed by atoms with van der Waals surface area (Å²) in [4.78, 5) is 201. The predicted molar refractivity (Wildman–Crippen MR) is 309 cm³/mol. The number of aliphatic hydroxyl groups excluding tert-OH is 3. The first kappa shape index (κ1) is 73.3. The molecule has 0 radical (unpaired) electrons. The molecule has 18 N–H and O–H groups in total. The van der Waals surface area contributed by atoms with Gasteiger partial charge in [-0.1, -0.05) is 0 Å². The largest absolute Gasteiger partial charge is 0.480 e. The molecule has 4 fully saturated rings. The van der Waals surface area contributed by atoms with E-state index in [1.807, 2.05) is 0 Å². The average Bonchev–Trinajstić information content (AvgIpc) is 2.35. The number of amides is 14. The zero-order valence-corrected chi connectivity index (χ0v) is 50.7. The summed E-state index contributed by atoms with van der Waals surface area (Å²) in [7, 11) is 0. The van der Waals surface area contributed by atoms with Gasteiger partial charge in [-0.25, -0.2) is 4.79 Å². The Balaban J connectivity index is 1.24. The number of hydrogen-bond acceptors (Lipinski definition) is 20. The minimum atomic E-state index is -1.66. The summed E-state index contributed by atoms with van der Waals surface area (Å²) < 4.78 is 0. The molecule has 0 aromatic rings. The van der Waals surface area contributed by atoms with E-state index in [4.69, 9.17) is 11.5 Å². The monoisotopic (exact) mass is 1260 g/mol. The third-order valence-corrected chi connectivity index (χ3v) is 15.6. The van der Waals surface area contributed by atoms with Gasteiger partial charge in [0.15, 0.2) is 0 Å². The molecular formula is C54H88N16O19. The molecule has 4 aliphatic heterocycles. The highest BCUT2D eigenvalue weighted by atomic mass is 16.4. The van der Waals surface area contributed by atoms with Crippen LogP contribution in [0.1, 0.15) is 105 Å². The van der Waals surface area contributed by atoms with Crippen LogP contribution in [0.15, 0.2) is 0 Å². The number of rotatable bonds is 32. The molecule has 4 rings (SSSR count). The minimum Gasteiger partial charge on any atom is -0.480 e. The Morgan fingerprint density at radius 2 is 0.730 bits per heavy atom. The Kier molecular flexibility index (Phi) is 29.0. The molecule has 0 unspecified atom stereocenters. The number of nitrogens with zero attached hydrogens (tertiary/aromatic N) is 4. The van der Waals surface area contributed by atoms with Crippen molar-refractivity contribution in [3.05, 3.63) is 0 Å². The zero-order valence-electron chi connectivity index (χ0n) is 50.7. The first-order valence-corrected chi connectivity index (χ1v) is 29.8. The number of carbonyl (C=O) groups excluding carboxylic acids is 14. The van der Waals surface area contributed by atoms with E-state index >= 15 is 0 Å². The molecule has 35 heteroatoms. The molecular weight excluding hydrogens is 1180 g/mol. The highest BCUT2D eigenvalue weighted by Crippen LogP contribution is 2.22. The van der Waals surface area contributed by atoms with Crippen LogP contribution in [0.4, 0.5) is 0 Å². The van der Waals surface area contributed by atoms with Crippen molar-refractivity contribution in [3.63, 3.8) is 0 Å². The second-order valence-corrected chi connectivity index (χ2v) is 22.4. The van der Waals surface area contributed by atoms with Gasteiger partial charge in [0.1, 0.15) is 60.4 Å². The highest BCUT2D eigenvalue weighted by molar-refractivity contribution is 5.99. The maximum atomic E-state index is 13.7. The summed E-state index contributed by atoms with van der Waals surface area (Å²) in [5, 5.41) is 64.8. The van der Waals surface area contributed by atoms with E-state index in [9.17, 15) is 92.3 Å². The van der Waals surface area contributed by atoms with Crippen molar-refractivity contribution in [2.45, 2.75) is 184 Å². The van der Waals surface area contributed by atoms with Crippen LogP contribution in [0.5, 0.6) is 0 Å². The number of aliphatic hydroxyl groups is 3. The lowest BCUT2D eigenvalue weighted by atomic mass is 10.1. The van der Waals surface area contributed by atoms with Crippen molar-refractivity contribution in [3.8, 4) is 0 Å². The van der Waals surface area contributed by atoms with Crippen LogP contribution in [0.3, 0.4) is 0 Å². The molecule has 4 aliphatic rings. The van der Waals surface area contributed by atoms with Gasteiger partial charge in [-0.15, -0.1) is 0 Å². The van der Waals surface area contributed by atoms with Crippen molar-refractivity contribution < 1.29 is 92.3 Å². The number of nitrogens with one attached hydrogen (secondary N) is 10. The molecule has 0 bridgehead atoms. The Morgan fingerprint density at radius 3 is 1.06 bits per heavy atom. The fourth-order valence-electron chi connectivity index (χ4n) is 10.6. The summed E-state index contributed by atoms with van der Waals surface area (Å²) in [5.74, 6) is -12.4. The van der Waals surface area contributed by atoms with Crippen LogP contribution in [-0.4, -0.2) is 273 Å². The minimum absolute atomic E-state index is 0.0298. The molecule has 13 atom stereocenters. The van der Waals surface area contributed by atoms with Crippen molar-refractivity contribution in [2.24, 2.45) is 11.5 Å².